The normalized spacial score (nSPS) is 12.3. The van der Waals surface area contributed by atoms with Crippen molar-refractivity contribution in [2.75, 3.05) is 6.61 Å². The van der Waals surface area contributed by atoms with E-state index in [1.54, 1.807) is 32.0 Å². The van der Waals surface area contributed by atoms with Crippen LogP contribution in [0.5, 0.6) is 0 Å². The third-order valence-electron chi connectivity index (χ3n) is 2.07. The van der Waals surface area contributed by atoms with E-state index >= 15 is 0 Å². The first-order valence-electron chi connectivity index (χ1n) is 4.67. The fourth-order valence-corrected chi connectivity index (χ4v) is 1.82. The highest BCUT2D eigenvalue weighted by atomic mass is 35.5. The van der Waals surface area contributed by atoms with Gasteiger partial charge in [0.25, 0.3) is 0 Å². The van der Waals surface area contributed by atoms with Crippen LogP contribution in [-0.4, -0.2) is 12.6 Å². The molecule has 0 heterocycles. The van der Waals surface area contributed by atoms with Crippen molar-refractivity contribution in [2.45, 2.75) is 19.8 Å². The Morgan fingerprint density at radius 1 is 1.47 bits per heavy atom. The molecule has 0 aliphatic rings. The van der Waals surface area contributed by atoms with Crippen molar-refractivity contribution >= 4 is 29.2 Å². The second kappa shape index (κ2) is 5.38. The van der Waals surface area contributed by atoms with Gasteiger partial charge in [0, 0.05) is 10.0 Å². The second-order valence-corrected chi connectivity index (χ2v) is 3.98. The highest BCUT2D eigenvalue weighted by molar-refractivity contribution is 6.35. The molecule has 0 spiro atoms. The minimum atomic E-state index is -0.366. The number of benzene rings is 1. The molecule has 0 aromatic heterocycles. The van der Waals surface area contributed by atoms with Crippen molar-refractivity contribution < 1.29 is 9.53 Å². The van der Waals surface area contributed by atoms with Crippen LogP contribution in [0.15, 0.2) is 18.2 Å². The van der Waals surface area contributed by atoms with Crippen LogP contribution in [0.25, 0.3) is 0 Å². The third kappa shape index (κ3) is 3.11. The van der Waals surface area contributed by atoms with Crippen molar-refractivity contribution in [1.82, 2.24) is 0 Å². The van der Waals surface area contributed by atoms with Gasteiger partial charge in [0.1, 0.15) is 0 Å². The lowest BCUT2D eigenvalue weighted by molar-refractivity contribution is -0.144. The summed E-state index contributed by atoms with van der Waals surface area (Å²) in [6.07, 6.45) is 0. The molecule has 82 valence electrons. The molecule has 1 unspecified atom stereocenters. The number of ether oxygens (including phenoxy) is 1. The standard InChI is InChI=1S/C11H12Cl2O2/c1-3-15-11(14)7(2)9-5-4-8(12)6-10(9)13/h4-7H,3H2,1-2H3. The van der Waals surface area contributed by atoms with Crippen LogP contribution in [0, 0.1) is 0 Å². The van der Waals surface area contributed by atoms with E-state index in [9.17, 15) is 4.79 Å². The largest absolute Gasteiger partial charge is 0.466 e. The summed E-state index contributed by atoms with van der Waals surface area (Å²) in [5.41, 5.74) is 0.736. The molecule has 15 heavy (non-hydrogen) atoms. The van der Waals surface area contributed by atoms with Gasteiger partial charge in [0.15, 0.2) is 0 Å². The molecule has 0 aliphatic carbocycles. The molecule has 2 nitrogen and oxygen atoms in total. The van der Waals surface area contributed by atoms with Crippen LogP contribution in [0.1, 0.15) is 25.3 Å². The van der Waals surface area contributed by atoms with E-state index in [0.29, 0.717) is 16.7 Å². The Kier molecular flexibility index (Phi) is 4.43. The molecule has 1 rings (SSSR count). The molecule has 0 bridgehead atoms. The van der Waals surface area contributed by atoms with Crippen LogP contribution in [0.2, 0.25) is 10.0 Å². The van der Waals surface area contributed by atoms with Crippen molar-refractivity contribution in [1.29, 1.82) is 0 Å². The van der Waals surface area contributed by atoms with Gasteiger partial charge in [-0.2, -0.15) is 0 Å². The van der Waals surface area contributed by atoms with E-state index < -0.39 is 0 Å². The Labute approximate surface area is 99.1 Å². The second-order valence-electron chi connectivity index (χ2n) is 3.14. The first-order valence-corrected chi connectivity index (χ1v) is 5.43. The first-order chi connectivity index (χ1) is 7.06. The number of rotatable bonds is 3. The highest BCUT2D eigenvalue weighted by Crippen LogP contribution is 2.28. The summed E-state index contributed by atoms with van der Waals surface area (Å²) in [5.74, 6) is -0.642. The number of carbonyl (C=O) groups is 1. The zero-order valence-corrected chi connectivity index (χ0v) is 10.1. The fraction of sp³-hybridized carbons (Fsp3) is 0.364. The summed E-state index contributed by atoms with van der Waals surface area (Å²) in [6.45, 7) is 3.90. The SMILES string of the molecule is CCOC(=O)C(C)c1ccc(Cl)cc1Cl. The zero-order chi connectivity index (χ0) is 11.4. The van der Waals surface area contributed by atoms with Gasteiger partial charge < -0.3 is 4.74 Å². The van der Waals surface area contributed by atoms with E-state index in [4.69, 9.17) is 27.9 Å². The Bertz CT molecular complexity index is 364. The topological polar surface area (TPSA) is 26.3 Å². The maximum atomic E-state index is 11.5. The van der Waals surface area contributed by atoms with E-state index in [2.05, 4.69) is 0 Å². The summed E-state index contributed by atoms with van der Waals surface area (Å²) >= 11 is 11.7. The summed E-state index contributed by atoms with van der Waals surface area (Å²) < 4.78 is 4.91. The number of carbonyl (C=O) groups excluding carboxylic acids is 1. The molecule has 0 aliphatic heterocycles. The molecule has 4 heteroatoms. The fourth-order valence-electron chi connectivity index (χ4n) is 1.25. The highest BCUT2D eigenvalue weighted by Gasteiger charge is 2.18. The lowest BCUT2D eigenvalue weighted by Gasteiger charge is -2.12. The van der Waals surface area contributed by atoms with Crippen LogP contribution < -0.4 is 0 Å². The summed E-state index contributed by atoms with van der Waals surface area (Å²) in [5, 5.41) is 1.04. The molecule has 1 aromatic carbocycles. The van der Waals surface area contributed by atoms with Gasteiger partial charge in [-0.3, -0.25) is 4.79 Å². The quantitative estimate of drug-likeness (QED) is 0.762. The van der Waals surface area contributed by atoms with Crippen molar-refractivity contribution in [3.63, 3.8) is 0 Å². The minimum Gasteiger partial charge on any atom is -0.466 e. The van der Waals surface area contributed by atoms with E-state index in [0.717, 1.165) is 5.56 Å². The van der Waals surface area contributed by atoms with Crippen molar-refractivity contribution in [3.05, 3.63) is 33.8 Å². The van der Waals surface area contributed by atoms with Gasteiger partial charge in [-0.1, -0.05) is 29.3 Å². The number of hydrogen-bond donors (Lipinski definition) is 0. The van der Waals surface area contributed by atoms with Crippen molar-refractivity contribution in [3.8, 4) is 0 Å². The first kappa shape index (κ1) is 12.3. The maximum Gasteiger partial charge on any atom is 0.313 e. The van der Waals surface area contributed by atoms with Crippen LogP contribution in [0.3, 0.4) is 0 Å². The van der Waals surface area contributed by atoms with Gasteiger partial charge >= 0.3 is 5.97 Å². The van der Waals surface area contributed by atoms with Crippen LogP contribution in [-0.2, 0) is 9.53 Å². The molecule has 0 saturated carbocycles. The van der Waals surface area contributed by atoms with Crippen LogP contribution in [0.4, 0.5) is 0 Å². The zero-order valence-electron chi connectivity index (χ0n) is 8.59. The molecule has 1 aromatic rings. The smallest absolute Gasteiger partial charge is 0.313 e. The lowest BCUT2D eigenvalue weighted by Crippen LogP contribution is -2.13. The Balaban J connectivity index is 2.91. The van der Waals surface area contributed by atoms with E-state index in [-0.39, 0.29) is 11.9 Å². The Morgan fingerprint density at radius 3 is 2.67 bits per heavy atom. The van der Waals surface area contributed by atoms with E-state index in [1.165, 1.54) is 0 Å². The van der Waals surface area contributed by atoms with Gasteiger partial charge in [-0.05, 0) is 31.5 Å². The number of hydrogen-bond acceptors (Lipinski definition) is 2. The monoisotopic (exact) mass is 246 g/mol. The van der Waals surface area contributed by atoms with E-state index in [1.807, 2.05) is 0 Å². The molecule has 0 amide bonds. The van der Waals surface area contributed by atoms with Gasteiger partial charge in [0.2, 0.25) is 0 Å². The number of esters is 1. The molecule has 0 radical (unpaired) electrons. The predicted molar refractivity (Wildman–Crippen MR) is 61.5 cm³/mol. The summed E-state index contributed by atoms with van der Waals surface area (Å²) in [7, 11) is 0. The molecular weight excluding hydrogens is 235 g/mol. The summed E-state index contributed by atoms with van der Waals surface area (Å²) in [4.78, 5) is 11.5. The third-order valence-corrected chi connectivity index (χ3v) is 2.63. The predicted octanol–water partition coefficient (Wildman–Crippen LogP) is 3.66. The molecule has 0 saturated heterocycles. The number of halogens is 2. The average molecular weight is 247 g/mol. The lowest BCUT2D eigenvalue weighted by atomic mass is 10.0. The minimum absolute atomic E-state index is 0.276. The van der Waals surface area contributed by atoms with Gasteiger partial charge in [-0.25, -0.2) is 0 Å². The van der Waals surface area contributed by atoms with Gasteiger partial charge in [-0.15, -0.1) is 0 Å². The molecule has 1 atom stereocenters. The molecular formula is C11H12Cl2O2. The van der Waals surface area contributed by atoms with Crippen LogP contribution >= 0.6 is 23.2 Å². The Morgan fingerprint density at radius 2 is 2.13 bits per heavy atom. The van der Waals surface area contributed by atoms with Crippen molar-refractivity contribution in [2.24, 2.45) is 0 Å². The maximum absolute atomic E-state index is 11.5. The molecule has 0 N–H and O–H groups in total. The van der Waals surface area contributed by atoms with Gasteiger partial charge in [0.05, 0.1) is 12.5 Å². The summed E-state index contributed by atoms with van der Waals surface area (Å²) in [6, 6.07) is 5.07. The molecule has 0 fully saturated rings. The average Bonchev–Trinajstić information content (AvgIpc) is 2.17. The Hall–Kier alpha value is -0.730.